The number of rotatable bonds is 4. The fourth-order valence-electron chi connectivity index (χ4n) is 1.63. The highest BCUT2D eigenvalue weighted by molar-refractivity contribution is 6.05. The lowest BCUT2D eigenvalue weighted by atomic mass is 10.1. The zero-order valence-corrected chi connectivity index (χ0v) is 9.05. The summed E-state index contributed by atoms with van der Waals surface area (Å²) in [4.78, 5) is 17.5. The number of nitrogens with one attached hydrogen (secondary N) is 2. The first-order valence-corrected chi connectivity index (χ1v) is 5.18. The summed E-state index contributed by atoms with van der Waals surface area (Å²) in [6, 6.07) is 7.43. The number of aromatic amines is 1. The van der Waals surface area contributed by atoms with Crippen LogP contribution in [-0.4, -0.2) is 24.0 Å². The third-order valence-electron chi connectivity index (χ3n) is 2.39. The SMILES string of the molecule is [N-]=[N+]=NCCNC(=O)c1cccc2cc[nH]c12. The number of benzene rings is 1. The fourth-order valence-corrected chi connectivity index (χ4v) is 1.63. The van der Waals surface area contributed by atoms with Gasteiger partial charge in [0.2, 0.25) is 0 Å². The molecule has 0 saturated carbocycles. The normalized spacial score (nSPS) is 9.88. The smallest absolute Gasteiger partial charge is 0.253 e. The van der Waals surface area contributed by atoms with E-state index in [1.165, 1.54) is 0 Å². The molecule has 0 aliphatic carbocycles. The van der Waals surface area contributed by atoms with Crippen LogP contribution in [0, 0.1) is 0 Å². The number of azide groups is 1. The molecule has 0 aliphatic heterocycles. The zero-order valence-electron chi connectivity index (χ0n) is 9.05. The Hall–Kier alpha value is -2.46. The van der Waals surface area contributed by atoms with Gasteiger partial charge in [-0.05, 0) is 17.7 Å². The van der Waals surface area contributed by atoms with Crippen LogP contribution in [0.2, 0.25) is 0 Å². The second-order valence-electron chi connectivity index (χ2n) is 3.46. The highest BCUT2D eigenvalue weighted by Gasteiger charge is 2.09. The Balaban J connectivity index is 2.13. The van der Waals surface area contributed by atoms with Gasteiger partial charge >= 0.3 is 0 Å². The summed E-state index contributed by atoms with van der Waals surface area (Å²) in [5, 5.41) is 7.03. The van der Waals surface area contributed by atoms with Crippen LogP contribution in [0.1, 0.15) is 10.4 Å². The highest BCUT2D eigenvalue weighted by atomic mass is 16.1. The molecule has 0 fully saturated rings. The van der Waals surface area contributed by atoms with Gasteiger partial charge < -0.3 is 10.3 Å². The average molecular weight is 229 g/mol. The van der Waals surface area contributed by atoms with Crippen molar-refractivity contribution in [2.75, 3.05) is 13.1 Å². The van der Waals surface area contributed by atoms with Crippen molar-refractivity contribution in [2.24, 2.45) is 5.11 Å². The standard InChI is InChI=1S/C11H11N5O/c12-16-15-7-6-14-11(17)9-3-1-2-8-4-5-13-10(8)9/h1-5,13H,6-7H2,(H,14,17). The van der Waals surface area contributed by atoms with Crippen LogP contribution in [0.4, 0.5) is 0 Å². The van der Waals surface area contributed by atoms with Crippen LogP contribution in [0.15, 0.2) is 35.6 Å². The van der Waals surface area contributed by atoms with Crippen LogP contribution in [0.25, 0.3) is 21.3 Å². The topological polar surface area (TPSA) is 93.7 Å². The zero-order chi connectivity index (χ0) is 12.1. The summed E-state index contributed by atoms with van der Waals surface area (Å²) < 4.78 is 0. The Morgan fingerprint density at radius 2 is 2.35 bits per heavy atom. The summed E-state index contributed by atoms with van der Waals surface area (Å²) >= 11 is 0. The minimum Gasteiger partial charge on any atom is -0.361 e. The van der Waals surface area contributed by atoms with Crippen molar-refractivity contribution in [1.82, 2.24) is 10.3 Å². The van der Waals surface area contributed by atoms with E-state index in [1.54, 1.807) is 12.3 Å². The molecule has 6 nitrogen and oxygen atoms in total. The maximum Gasteiger partial charge on any atom is 0.253 e. The number of hydrogen-bond acceptors (Lipinski definition) is 2. The molecule has 0 unspecified atom stereocenters. The van der Waals surface area contributed by atoms with Gasteiger partial charge in [-0.25, -0.2) is 0 Å². The Labute approximate surface area is 97.3 Å². The molecule has 1 aromatic heterocycles. The van der Waals surface area contributed by atoms with Gasteiger partial charge in [-0.2, -0.15) is 0 Å². The third kappa shape index (κ3) is 2.38. The summed E-state index contributed by atoms with van der Waals surface area (Å²) in [7, 11) is 0. The molecule has 0 saturated heterocycles. The average Bonchev–Trinajstić information content (AvgIpc) is 2.82. The van der Waals surface area contributed by atoms with E-state index >= 15 is 0 Å². The monoisotopic (exact) mass is 229 g/mol. The number of H-pyrrole nitrogens is 1. The van der Waals surface area contributed by atoms with E-state index in [-0.39, 0.29) is 12.5 Å². The van der Waals surface area contributed by atoms with E-state index in [0.29, 0.717) is 12.1 Å². The molecule has 86 valence electrons. The molecular weight excluding hydrogens is 218 g/mol. The van der Waals surface area contributed by atoms with Crippen molar-refractivity contribution in [1.29, 1.82) is 0 Å². The van der Waals surface area contributed by atoms with Crippen LogP contribution < -0.4 is 5.32 Å². The molecule has 2 aromatic rings. The lowest BCUT2D eigenvalue weighted by Crippen LogP contribution is -2.26. The molecule has 6 heteroatoms. The molecule has 0 bridgehead atoms. The van der Waals surface area contributed by atoms with Gasteiger partial charge in [0.1, 0.15) is 0 Å². The first kappa shape index (κ1) is 11.0. The van der Waals surface area contributed by atoms with E-state index in [1.807, 2.05) is 18.2 Å². The van der Waals surface area contributed by atoms with Crippen molar-refractivity contribution in [2.45, 2.75) is 0 Å². The molecule has 0 radical (unpaired) electrons. The van der Waals surface area contributed by atoms with E-state index in [4.69, 9.17) is 5.53 Å². The number of nitrogens with zero attached hydrogens (tertiary/aromatic N) is 3. The quantitative estimate of drug-likeness (QED) is 0.357. The van der Waals surface area contributed by atoms with Crippen molar-refractivity contribution in [3.8, 4) is 0 Å². The van der Waals surface area contributed by atoms with Crippen LogP contribution in [0.5, 0.6) is 0 Å². The summed E-state index contributed by atoms with van der Waals surface area (Å²) in [5.74, 6) is -0.175. The molecule has 2 rings (SSSR count). The number of amides is 1. The summed E-state index contributed by atoms with van der Waals surface area (Å²) in [5.41, 5.74) is 9.51. The van der Waals surface area contributed by atoms with Gasteiger partial charge in [-0.1, -0.05) is 17.2 Å². The Morgan fingerprint density at radius 3 is 3.18 bits per heavy atom. The highest BCUT2D eigenvalue weighted by Crippen LogP contribution is 2.16. The van der Waals surface area contributed by atoms with Crippen LogP contribution >= 0.6 is 0 Å². The van der Waals surface area contributed by atoms with Crippen molar-refractivity contribution in [3.63, 3.8) is 0 Å². The van der Waals surface area contributed by atoms with Gasteiger partial charge in [-0.3, -0.25) is 4.79 Å². The van der Waals surface area contributed by atoms with Gasteiger partial charge in [-0.15, -0.1) is 0 Å². The predicted octanol–water partition coefficient (Wildman–Crippen LogP) is 2.21. The molecule has 17 heavy (non-hydrogen) atoms. The maximum atomic E-state index is 11.9. The molecule has 0 aliphatic rings. The summed E-state index contributed by atoms with van der Waals surface area (Å²) in [6.45, 7) is 0.586. The van der Waals surface area contributed by atoms with Crippen LogP contribution in [0.3, 0.4) is 0 Å². The number of fused-ring (bicyclic) bond motifs is 1. The van der Waals surface area contributed by atoms with Crippen molar-refractivity contribution < 1.29 is 4.79 Å². The number of aromatic nitrogens is 1. The molecule has 1 heterocycles. The second-order valence-corrected chi connectivity index (χ2v) is 3.46. The number of carbonyl (C=O) groups excluding carboxylic acids is 1. The van der Waals surface area contributed by atoms with Gasteiger partial charge in [0.25, 0.3) is 5.91 Å². The minimum atomic E-state index is -0.175. The van der Waals surface area contributed by atoms with Crippen LogP contribution in [-0.2, 0) is 0 Å². The van der Waals surface area contributed by atoms with E-state index in [2.05, 4.69) is 20.3 Å². The number of para-hydroxylation sites is 1. The van der Waals surface area contributed by atoms with Gasteiger partial charge in [0.15, 0.2) is 0 Å². The van der Waals surface area contributed by atoms with Crippen molar-refractivity contribution >= 4 is 16.8 Å². The van der Waals surface area contributed by atoms with E-state index < -0.39 is 0 Å². The number of hydrogen-bond donors (Lipinski definition) is 2. The lowest BCUT2D eigenvalue weighted by molar-refractivity contribution is 0.0956. The Bertz CT molecular complexity index is 582. The first-order valence-electron chi connectivity index (χ1n) is 5.18. The Morgan fingerprint density at radius 1 is 1.47 bits per heavy atom. The lowest BCUT2D eigenvalue weighted by Gasteiger charge is -2.04. The Kier molecular flexibility index (Phi) is 3.28. The van der Waals surface area contributed by atoms with Gasteiger partial charge in [0.05, 0.1) is 11.1 Å². The van der Waals surface area contributed by atoms with E-state index in [0.717, 1.165) is 10.9 Å². The summed E-state index contributed by atoms with van der Waals surface area (Å²) in [6.07, 6.45) is 1.79. The second kappa shape index (κ2) is 5.05. The third-order valence-corrected chi connectivity index (χ3v) is 2.39. The van der Waals surface area contributed by atoms with E-state index in [9.17, 15) is 4.79 Å². The predicted molar refractivity (Wildman–Crippen MR) is 64.6 cm³/mol. The fraction of sp³-hybridized carbons (Fsp3) is 0.182. The van der Waals surface area contributed by atoms with Crippen molar-refractivity contribution in [3.05, 3.63) is 46.5 Å². The molecule has 0 spiro atoms. The number of carbonyl (C=O) groups is 1. The molecule has 0 atom stereocenters. The molecule has 2 N–H and O–H groups in total. The minimum absolute atomic E-state index is 0.175. The first-order chi connectivity index (χ1) is 8.33. The molecule has 1 aromatic carbocycles. The maximum absolute atomic E-state index is 11.9. The van der Waals surface area contributed by atoms with Gasteiger partial charge in [0, 0.05) is 29.6 Å². The largest absolute Gasteiger partial charge is 0.361 e. The molecule has 1 amide bonds. The molecular formula is C11H11N5O.